The van der Waals surface area contributed by atoms with E-state index in [4.69, 9.17) is 4.74 Å². The molecule has 1 saturated heterocycles. The Morgan fingerprint density at radius 1 is 1.08 bits per heavy atom. The topological polar surface area (TPSA) is 79.7 Å². The SMILES string of the molecule is CCCC(=O)c1ccc(-c2ccc([C@H](C)N3CC[C@](CC(C)(C)O)(c4ccccc4)OC3=O)cc2)cn1. The van der Waals surface area contributed by atoms with E-state index in [0.29, 0.717) is 31.5 Å². The number of carbonyl (C=O) groups excluding carboxylic acids is 2. The van der Waals surface area contributed by atoms with Crippen LogP contribution in [0.5, 0.6) is 0 Å². The first-order valence-corrected chi connectivity index (χ1v) is 13.0. The predicted octanol–water partition coefficient (Wildman–Crippen LogP) is 6.69. The molecule has 6 heteroatoms. The van der Waals surface area contributed by atoms with Crippen molar-refractivity contribution in [1.29, 1.82) is 0 Å². The summed E-state index contributed by atoms with van der Waals surface area (Å²) in [4.78, 5) is 31.4. The predicted molar refractivity (Wildman–Crippen MR) is 144 cm³/mol. The molecule has 1 amide bonds. The van der Waals surface area contributed by atoms with E-state index in [2.05, 4.69) is 4.98 Å². The van der Waals surface area contributed by atoms with E-state index in [1.54, 1.807) is 31.0 Å². The number of pyridine rings is 1. The fourth-order valence-electron chi connectivity index (χ4n) is 5.11. The molecule has 0 bridgehead atoms. The maximum atomic E-state index is 13.3. The molecule has 0 aliphatic carbocycles. The van der Waals surface area contributed by atoms with E-state index in [1.165, 1.54) is 0 Å². The quantitative estimate of drug-likeness (QED) is 0.331. The summed E-state index contributed by atoms with van der Waals surface area (Å²) in [7, 11) is 0. The molecule has 2 aromatic carbocycles. The first-order chi connectivity index (χ1) is 17.6. The first kappa shape index (κ1) is 26.6. The van der Waals surface area contributed by atoms with Gasteiger partial charge in [-0.3, -0.25) is 9.78 Å². The highest BCUT2D eigenvalue weighted by molar-refractivity contribution is 5.94. The molecular weight excluding hydrogens is 464 g/mol. The number of benzene rings is 2. The summed E-state index contributed by atoms with van der Waals surface area (Å²) < 4.78 is 6.12. The summed E-state index contributed by atoms with van der Waals surface area (Å²) >= 11 is 0. The van der Waals surface area contributed by atoms with Crippen molar-refractivity contribution in [2.24, 2.45) is 0 Å². The molecule has 0 spiro atoms. The Hall–Kier alpha value is -3.51. The summed E-state index contributed by atoms with van der Waals surface area (Å²) in [5.41, 5.74) is 2.47. The number of ether oxygens (including phenoxy) is 1. The third-order valence-corrected chi connectivity index (χ3v) is 7.01. The minimum Gasteiger partial charge on any atom is -0.438 e. The van der Waals surface area contributed by atoms with Gasteiger partial charge in [0.1, 0.15) is 11.3 Å². The number of amides is 1. The van der Waals surface area contributed by atoms with Crippen molar-refractivity contribution >= 4 is 11.9 Å². The second kappa shape index (κ2) is 10.9. The van der Waals surface area contributed by atoms with Crippen molar-refractivity contribution in [2.75, 3.05) is 6.54 Å². The smallest absolute Gasteiger partial charge is 0.411 e. The van der Waals surface area contributed by atoms with Gasteiger partial charge in [0.2, 0.25) is 0 Å². The van der Waals surface area contributed by atoms with Crippen molar-refractivity contribution < 1.29 is 19.4 Å². The lowest BCUT2D eigenvalue weighted by Crippen LogP contribution is -2.51. The highest BCUT2D eigenvalue weighted by Gasteiger charge is 2.46. The third kappa shape index (κ3) is 6.08. The summed E-state index contributed by atoms with van der Waals surface area (Å²) in [6, 6.07) is 21.3. The van der Waals surface area contributed by atoms with Crippen LogP contribution in [0.3, 0.4) is 0 Å². The molecule has 1 N–H and O–H groups in total. The van der Waals surface area contributed by atoms with Gasteiger partial charge in [0, 0.05) is 37.6 Å². The van der Waals surface area contributed by atoms with Crippen LogP contribution >= 0.6 is 0 Å². The highest BCUT2D eigenvalue weighted by Crippen LogP contribution is 2.42. The Kier molecular flexibility index (Phi) is 7.79. The largest absolute Gasteiger partial charge is 0.438 e. The van der Waals surface area contributed by atoms with Crippen LogP contribution in [0, 0.1) is 0 Å². The van der Waals surface area contributed by atoms with E-state index in [0.717, 1.165) is 28.7 Å². The highest BCUT2D eigenvalue weighted by atomic mass is 16.6. The average Bonchev–Trinajstić information content (AvgIpc) is 2.88. The molecule has 1 aliphatic rings. The molecule has 1 aromatic heterocycles. The number of hydrogen-bond acceptors (Lipinski definition) is 5. The van der Waals surface area contributed by atoms with Gasteiger partial charge in [0.05, 0.1) is 11.6 Å². The molecule has 6 nitrogen and oxygen atoms in total. The number of Topliss-reactive ketones (excluding diaryl/α,β-unsaturated/α-hetero) is 1. The number of aliphatic hydroxyl groups is 1. The second-order valence-corrected chi connectivity index (χ2v) is 10.6. The minimum absolute atomic E-state index is 0.0606. The van der Waals surface area contributed by atoms with Gasteiger partial charge in [0.25, 0.3) is 0 Å². The summed E-state index contributed by atoms with van der Waals surface area (Å²) in [6.07, 6.45) is 3.57. The first-order valence-electron chi connectivity index (χ1n) is 13.0. The van der Waals surface area contributed by atoms with Crippen molar-refractivity contribution in [2.45, 2.75) is 70.6 Å². The molecule has 0 unspecified atom stereocenters. The van der Waals surface area contributed by atoms with E-state index in [-0.39, 0.29) is 17.9 Å². The molecule has 37 heavy (non-hydrogen) atoms. The Morgan fingerprint density at radius 2 is 1.76 bits per heavy atom. The van der Waals surface area contributed by atoms with E-state index in [1.807, 2.05) is 74.5 Å². The van der Waals surface area contributed by atoms with Gasteiger partial charge >= 0.3 is 6.09 Å². The second-order valence-electron chi connectivity index (χ2n) is 10.6. The summed E-state index contributed by atoms with van der Waals surface area (Å²) in [5.74, 6) is 0.0606. The van der Waals surface area contributed by atoms with Crippen LogP contribution in [0.2, 0.25) is 0 Å². The molecule has 2 heterocycles. The molecule has 4 rings (SSSR count). The minimum atomic E-state index is -0.990. The maximum absolute atomic E-state index is 13.3. The van der Waals surface area contributed by atoms with Crippen LogP contribution in [0.1, 0.15) is 81.0 Å². The molecular formula is C31H36N2O4. The number of ketones is 1. The lowest BCUT2D eigenvalue weighted by atomic mass is 9.80. The Labute approximate surface area is 219 Å². The maximum Gasteiger partial charge on any atom is 0.411 e. The molecule has 1 aliphatic heterocycles. The van der Waals surface area contributed by atoms with Crippen LogP contribution in [0.25, 0.3) is 11.1 Å². The zero-order valence-electron chi connectivity index (χ0n) is 22.1. The number of cyclic esters (lactones) is 1. The fraction of sp³-hybridized carbons (Fsp3) is 0.387. The molecule has 1 fully saturated rings. The molecule has 194 valence electrons. The van der Waals surface area contributed by atoms with E-state index in [9.17, 15) is 14.7 Å². The van der Waals surface area contributed by atoms with Crippen molar-refractivity contribution in [3.63, 3.8) is 0 Å². The van der Waals surface area contributed by atoms with E-state index < -0.39 is 11.2 Å². The average molecular weight is 501 g/mol. The van der Waals surface area contributed by atoms with Crippen LogP contribution < -0.4 is 0 Å². The molecule has 0 radical (unpaired) electrons. The van der Waals surface area contributed by atoms with Crippen LogP contribution in [0.15, 0.2) is 72.9 Å². The van der Waals surface area contributed by atoms with Crippen LogP contribution in [-0.2, 0) is 10.3 Å². The number of nitrogens with zero attached hydrogens (tertiary/aromatic N) is 2. The normalized spacial score (nSPS) is 18.8. The van der Waals surface area contributed by atoms with Crippen molar-refractivity contribution in [1.82, 2.24) is 9.88 Å². The zero-order chi connectivity index (χ0) is 26.6. The van der Waals surface area contributed by atoms with Gasteiger partial charge in [-0.2, -0.15) is 0 Å². The van der Waals surface area contributed by atoms with Gasteiger partial charge < -0.3 is 14.7 Å². The standard InChI is InChI=1S/C31H36N2O4/c1-5-9-28(34)27-17-16-25(20-32-27)24-14-12-23(13-15-24)22(2)33-19-18-31(37-29(33)35,21-30(3,4)36)26-10-7-6-8-11-26/h6-8,10-17,20,22,36H,5,9,18-19,21H2,1-4H3/t22-,31-/m0/s1. The lowest BCUT2D eigenvalue weighted by molar-refractivity contribution is -0.101. The zero-order valence-corrected chi connectivity index (χ0v) is 22.1. The van der Waals surface area contributed by atoms with E-state index >= 15 is 0 Å². The number of hydrogen-bond donors (Lipinski definition) is 1. The Morgan fingerprint density at radius 3 is 2.32 bits per heavy atom. The lowest BCUT2D eigenvalue weighted by Gasteiger charge is -2.45. The van der Waals surface area contributed by atoms with Gasteiger partial charge in [-0.05, 0) is 49.9 Å². The molecule has 2 atom stereocenters. The van der Waals surface area contributed by atoms with Gasteiger partial charge in [0.15, 0.2) is 5.78 Å². The number of rotatable bonds is 9. The summed E-state index contributed by atoms with van der Waals surface area (Å²) in [6.45, 7) is 7.98. The van der Waals surface area contributed by atoms with Crippen molar-refractivity contribution in [3.05, 3.63) is 89.7 Å². The third-order valence-electron chi connectivity index (χ3n) is 7.01. The van der Waals surface area contributed by atoms with Gasteiger partial charge in [-0.1, -0.05) is 67.6 Å². The van der Waals surface area contributed by atoms with Crippen LogP contribution in [-0.4, -0.2) is 39.0 Å². The molecule has 3 aromatic rings. The summed E-state index contributed by atoms with van der Waals surface area (Å²) in [5, 5.41) is 10.6. The van der Waals surface area contributed by atoms with Gasteiger partial charge in [-0.25, -0.2) is 4.79 Å². The Bertz CT molecular complexity index is 1220. The number of carbonyl (C=O) groups is 2. The van der Waals surface area contributed by atoms with Crippen LogP contribution in [0.4, 0.5) is 4.79 Å². The fourth-order valence-corrected chi connectivity index (χ4v) is 5.11. The molecule has 0 saturated carbocycles. The van der Waals surface area contributed by atoms with Crippen molar-refractivity contribution in [3.8, 4) is 11.1 Å². The Balaban J connectivity index is 1.48. The monoisotopic (exact) mass is 500 g/mol. The van der Waals surface area contributed by atoms with Gasteiger partial charge in [-0.15, -0.1) is 0 Å². The number of aromatic nitrogens is 1.